The number of hydrazine groups is 1. The van der Waals surface area contributed by atoms with Gasteiger partial charge in [-0.15, -0.1) is 29.1 Å². The fourth-order valence-electron chi connectivity index (χ4n) is 5.65. The molecular formula is C33H32F3N5O5S3. The number of halogens is 3. The summed E-state index contributed by atoms with van der Waals surface area (Å²) in [4.78, 5) is 49.1. The van der Waals surface area contributed by atoms with Gasteiger partial charge >= 0.3 is 6.18 Å². The van der Waals surface area contributed by atoms with Crippen molar-refractivity contribution in [3.8, 4) is 12.3 Å². The third-order valence-corrected chi connectivity index (χ3v) is 11.1. The van der Waals surface area contributed by atoms with E-state index >= 15 is 0 Å². The molecule has 16 heteroatoms. The summed E-state index contributed by atoms with van der Waals surface area (Å²) in [6.07, 6.45) is 0.962. The maximum absolute atomic E-state index is 14.0. The number of terminal acetylenes is 1. The number of ether oxygens (including phenoxy) is 2. The summed E-state index contributed by atoms with van der Waals surface area (Å²) < 4.78 is 53.8. The third kappa shape index (κ3) is 7.20. The van der Waals surface area contributed by atoms with Gasteiger partial charge in [-0.1, -0.05) is 43.7 Å². The van der Waals surface area contributed by atoms with E-state index in [4.69, 9.17) is 20.9 Å². The minimum absolute atomic E-state index is 0.00696. The van der Waals surface area contributed by atoms with Gasteiger partial charge in [0.25, 0.3) is 11.5 Å². The van der Waals surface area contributed by atoms with Crippen molar-refractivity contribution in [1.82, 2.24) is 25.3 Å². The number of ketones is 1. The molecule has 5 heterocycles. The topological polar surface area (TPSA) is 135 Å². The van der Waals surface area contributed by atoms with Crippen molar-refractivity contribution >= 4 is 56.3 Å². The van der Waals surface area contributed by atoms with Crippen molar-refractivity contribution in [2.75, 3.05) is 25.7 Å². The van der Waals surface area contributed by atoms with Crippen LogP contribution in [0, 0.1) is 18.3 Å². The lowest BCUT2D eigenvalue weighted by molar-refractivity contribution is -0.165. The molecule has 0 unspecified atom stereocenters. The van der Waals surface area contributed by atoms with Crippen LogP contribution in [0.3, 0.4) is 0 Å². The molecule has 0 saturated carbocycles. The van der Waals surface area contributed by atoms with Crippen LogP contribution in [0.15, 0.2) is 45.7 Å². The van der Waals surface area contributed by atoms with Gasteiger partial charge in [0.05, 0.1) is 29.2 Å². The molecule has 0 aliphatic carbocycles. The zero-order valence-electron chi connectivity index (χ0n) is 26.5. The van der Waals surface area contributed by atoms with E-state index in [0.29, 0.717) is 33.2 Å². The second kappa shape index (κ2) is 14.4. The molecule has 1 saturated heterocycles. The average Bonchev–Trinajstić information content (AvgIpc) is 3.56. The highest BCUT2D eigenvalue weighted by Gasteiger charge is 2.65. The molecule has 1 aromatic carbocycles. The molecule has 10 nitrogen and oxygen atoms in total. The van der Waals surface area contributed by atoms with E-state index in [1.165, 1.54) is 52.6 Å². The Morgan fingerprint density at radius 2 is 2.02 bits per heavy atom. The number of thiophene rings is 2. The van der Waals surface area contributed by atoms with E-state index in [9.17, 15) is 27.6 Å². The molecule has 6 rings (SSSR count). The highest BCUT2D eigenvalue weighted by Crippen LogP contribution is 2.43. The maximum atomic E-state index is 14.0. The summed E-state index contributed by atoms with van der Waals surface area (Å²) in [6.45, 7) is 4.52. The summed E-state index contributed by atoms with van der Waals surface area (Å²) >= 11 is 3.94. The number of benzene rings is 1. The van der Waals surface area contributed by atoms with Gasteiger partial charge in [0.15, 0.2) is 10.9 Å². The standard InChI is InChI=1S/C33H32F3N5O5S3/c1-4-11-45-18-46-16-20-13-21(32(38-39-32)33(34,35)36)7-8-22(20)29(43)40-10-9-23-26(15-40)49-28-27(23)30(44)41(14-19(2)3)31(37-28)48-17-24(42)25-6-5-12-47-25/h1,5-8,12-13,19,38-39H,9-11,14-18H2,2-3H3. The fourth-order valence-corrected chi connectivity index (χ4v) is 8.58. The van der Waals surface area contributed by atoms with Crippen molar-refractivity contribution in [1.29, 1.82) is 0 Å². The van der Waals surface area contributed by atoms with E-state index in [1.54, 1.807) is 15.5 Å². The zero-order chi connectivity index (χ0) is 34.9. The first kappa shape index (κ1) is 35.3. The number of thioether (sulfide) groups is 1. The van der Waals surface area contributed by atoms with Crippen LogP contribution in [-0.2, 0) is 41.3 Å². The predicted molar refractivity (Wildman–Crippen MR) is 181 cm³/mol. The van der Waals surface area contributed by atoms with Crippen LogP contribution >= 0.6 is 34.4 Å². The van der Waals surface area contributed by atoms with Crippen molar-refractivity contribution in [2.45, 2.75) is 57.0 Å². The quantitative estimate of drug-likeness (QED) is 0.0358. The van der Waals surface area contributed by atoms with Crippen LogP contribution in [0.25, 0.3) is 10.2 Å². The van der Waals surface area contributed by atoms with Crippen LogP contribution in [0.5, 0.6) is 0 Å². The normalized spacial score (nSPS) is 15.4. The second-order valence-electron chi connectivity index (χ2n) is 11.9. The number of fused-ring (bicyclic) bond motifs is 3. The number of carbonyl (C=O) groups excluding carboxylic acids is 2. The molecule has 0 radical (unpaired) electrons. The van der Waals surface area contributed by atoms with Crippen molar-refractivity contribution < 1.29 is 32.2 Å². The van der Waals surface area contributed by atoms with Crippen LogP contribution in [0.1, 0.15) is 55.4 Å². The number of nitrogens with one attached hydrogen (secondary N) is 2. The minimum atomic E-state index is -4.63. The van der Waals surface area contributed by atoms with Gasteiger partial charge in [0, 0.05) is 23.5 Å². The Morgan fingerprint density at radius 1 is 1.22 bits per heavy atom. The zero-order valence-corrected chi connectivity index (χ0v) is 29.0. The maximum Gasteiger partial charge on any atom is 0.426 e. The monoisotopic (exact) mass is 731 g/mol. The SMILES string of the molecule is C#CCOCOCc1cc(C2(C(F)(F)F)NN2)ccc1C(=O)N1CCc2c(sc3nc(SCC(=O)c4cccs4)n(CC(C)C)c(=O)c23)C1. The van der Waals surface area contributed by atoms with Gasteiger partial charge in [-0.25, -0.2) is 15.8 Å². The molecule has 0 atom stereocenters. The molecule has 0 bridgehead atoms. The van der Waals surface area contributed by atoms with Crippen molar-refractivity contribution in [2.24, 2.45) is 5.92 Å². The summed E-state index contributed by atoms with van der Waals surface area (Å²) in [5.74, 6) is 2.17. The summed E-state index contributed by atoms with van der Waals surface area (Å²) in [6, 6.07) is 7.53. The van der Waals surface area contributed by atoms with Crippen LogP contribution < -0.4 is 16.4 Å². The van der Waals surface area contributed by atoms with E-state index in [-0.39, 0.29) is 78.7 Å². The molecule has 4 aromatic rings. The number of rotatable bonds is 13. The van der Waals surface area contributed by atoms with Gasteiger partial charge in [-0.3, -0.25) is 19.0 Å². The number of amides is 1. The largest absolute Gasteiger partial charge is 0.426 e. The van der Waals surface area contributed by atoms with Crippen LogP contribution in [0.2, 0.25) is 0 Å². The Balaban J connectivity index is 1.28. The Bertz CT molecular complexity index is 1980. The molecular weight excluding hydrogens is 700 g/mol. The molecule has 2 aliphatic rings. The molecule has 258 valence electrons. The lowest BCUT2D eigenvalue weighted by atomic mass is 9.96. The first-order valence-electron chi connectivity index (χ1n) is 15.3. The molecule has 49 heavy (non-hydrogen) atoms. The lowest BCUT2D eigenvalue weighted by Crippen LogP contribution is -2.37. The summed E-state index contributed by atoms with van der Waals surface area (Å²) in [7, 11) is 0. The number of aromatic nitrogens is 2. The Labute approximate surface area is 292 Å². The average molecular weight is 732 g/mol. The minimum Gasteiger partial charge on any atom is -0.351 e. The number of nitrogens with zero attached hydrogens (tertiary/aromatic N) is 3. The predicted octanol–water partition coefficient (Wildman–Crippen LogP) is 5.30. The van der Waals surface area contributed by atoms with Crippen molar-refractivity contribution in [3.05, 3.63) is 78.1 Å². The summed E-state index contributed by atoms with van der Waals surface area (Å²) in [5, 5.41) is 2.83. The van der Waals surface area contributed by atoms with Gasteiger partial charge < -0.3 is 14.4 Å². The van der Waals surface area contributed by atoms with Gasteiger partial charge in [0.2, 0.25) is 5.66 Å². The molecule has 1 fully saturated rings. The van der Waals surface area contributed by atoms with Gasteiger partial charge in [0.1, 0.15) is 18.2 Å². The van der Waals surface area contributed by atoms with Crippen molar-refractivity contribution in [3.63, 3.8) is 0 Å². The van der Waals surface area contributed by atoms with E-state index in [2.05, 4.69) is 16.8 Å². The van der Waals surface area contributed by atoms with Gasteiger partial charge in [-0.05, 0) is 52.6 Å². The number of carbonyl (C=O) groups is 2. The Morgan fingerprint density at radius 3 is 2.69 bits per heavy atom. The molecule has 2 aliphatic heterocycles. The highest BCUT2D eigenvalue weighted by molar-refractivity contribution is 7.99. The number of hydrogen-bond acceptors (Lipinski definition) is 11. The van der Waals surface area contributed by atoms with Crippen LogP contribution in [-0.4, -0.2) is 58.0 Å². The molecule has 0 spiro atoms. The Kier molecular flexibility index (Phi) is 10.3. The van der Waals surface area contributed by atoms with E-state index < -0.39 is 11.8 Å². The number of Topliss-reactive ketones (excluding diaryl/α,β-unsaturated/α-hetero) is 1. The lowest BCUT2D eigenvalue weighted by Gasteiger charge is -2.28. The van der Waals surface area contributed by atoms with Gasteiger partial charge in [-0.2, -0.15) is 13.2 Å². The molecule has 2 N–H and O–H groups in total. The second-order valence-corrected chi connectivity index (χ2v) is 14.9. The fraction of sp³-hybridized carbons (Fsp3) is 0.394. The van der Waals surface area contributed by atoms with E-state index in [0.717, 1.165) is 10.4 Å². The highest BCUT2D eigenvalue weighted by atomic mass is 32.2. The summed E-state index contributed by atoms with van der Waals surface area (Å²) in [5.41, 5.74) is 2.96. The number of hydrogen-bond donors (Lipinski definition) is 2. The smallest absolute Gasteiger partial charge is 0.351 e. The first-order valence-corrected chi connectivity index (χ1v) is 18.0. The molecule has 3 aromatic heterocycles. The Hall–Kier alpha value is -3.56. The molecule has 1 amide bonds. The first-order chi connectivity index (χ1) is 23.4. The van der Waals surface area contributed by atoms with Crippen LogP contribution in [0.4, 0.5) is 13.2 Å². The number of alkyl halides is 3. The van der Waals surface area contributed by atoms with E-state index in [1.807, 2.05) is 25.3 Å². The third-order valence-electron chi connectivity index (χ3n) is 8.07.